The van der Waals surface area contributed by atoms with Crippen LogP contribution in [0, 0.1) is 0 Å². The van der Waals surface area contributed by atoms with E-state index in [2.05, 4.69) is 11.4 Å². The van der Waals surface area contributed by atoms with E-state index >= 15 is 0 Å². The molecule has 0 unspecified atom stereocenters. The van der Waals surface area contributed by atoms with Gasteiger partial charge in [0.25, 0.3) is 0 Å². The summed E-state index contributed by atoms with van der Waals surface area (Å²) in [6, 6.07) is 14.0. The van der Waals surface area contributed by atoms with Crippen LogP contribution in [-0.4, -0.2) is 13.9 Å². The predicted octanol–water partition coefficient (Wildman–Crippen LogP) is 3.98. The summed E-state index contributed by atoms with van der Waals surface area (Å²) in [6.07, 6.45) is 0. The maximum absolute atomic E-state index is 6.47. The van der Waals surface area contributed by atoms with Crippen molar-refractivity contribution in [1.29, 1.82) is 0 Å². The number of methoxy groups -OCH3 is 1. The van der Waals surface area contributed by atoms with Gasteiger partial charge in [-0.3, -0.25) is 0 Å². The van der Waals surface area contributed by atoms with Crippen molar-refractivity contribution in [2.75, 3.05) is 13.9 Å². The molecule has 28 heavy (non-hydrogen) atoms. The van der Waals surface area contributed by atoms with Crippen molar-refractivity contribution in [3.05, 3.63) is 68.9 Å². The van der Waals surface area contributed by atoms with E-state index in [-0.39, 0.29) is 0 Å². The zero-order chi connectivity index (χ0) is 19.3. The number of ether oxygens (including phenoxy) is 4. The Morgan fingerprint density at radius 3 is 2.75 bits per heavy atom. The van der Waals surface area contributed by atoms with Crippen LogP contribution in [0.2, 0.25) is 5.02 Å². The van der Waals surface area contributed by atoms with E-state index in [0.29, 0.717) is 29.9 Å². The van der Waals surface area contributed by atoms with Gasteiger partial charge in [-0.25, -0.2) is 0 Å². The molecule has 1 aliphatic rings. The molecule has 2 aromatic carbocycles. The summed E-state index contributed by atoms with van der Waals surface area (Å²) in [5.74, 6) is 2.84. The van der Waals surface area contributed by atoms with Gasteiger partial charge in [-0.1, -0.05) is 17.7 Å². The highest BCUT2D eigenvalue weighted by Crippen LogP contribution is 2.37. The van der Waals surface area contributed by atoms with Gasteiger partial charge >= 0.3 is 0 Å². The fraction of sp³-hybridized carbons (Fsp3) is 0.238. The van der Waals surface area contributed by atoms with Gasteiger partial charge in [-0.05, 0) is 41.8 Å². The van der Waals surface area contributed by atoms with Crippen molar-refractivity contribution in [1.82, 2.24) is 0 Å². The van der Waals surface area contributed by atoms with E-state index in [1.165, 1.54) is 5.56 Å². The molecule has 0 saturated carbocycles. The quantitative estimate of drug-likeness (QED) is 0.601. The number of quaternary nitrogens is 1. The SMILES string of the molecule is COc1cc(C[NH2+]Cc2ccc3c(c2)OCO3)cc(Cl)c1OCc1cccs1. The van der Waals surface area contributed by atoms with Gasteiger partial charge in [0.15, 0.2) is 23.0 Å². The Labute approximate surface area is 172 Å². The van der Waals surface area contributed by atoms with Crippen molar-refractivity contribution < 1.29 is 24.3 Å². The van der Waals surface area contributed by atoms with Crippen LogP contribution in [0.5, 0.6) is 23.0 Å². The van der Waals surface area contributed by atoms with Gasteiger partial charge in [0.2, 0.25) is 6.79 Å². The minimum Gasteiger partial charge on any atom is -0.493 e. The molecule has 2 heterocycles. The monoisotopic (exact) mass is 418 g/mol. The van der Waals surface area contributed by atoms with Gasteiger partial charge in [0.05, 0.1) is 12.1 Å². The second-order valence-corrected chi connectivity index (χ2v) is 7.80. The molecular weight excluding hydrogens is 398 g/mol. The van der Waals surface area contributed by atoms with E-state index in [4.69, 9.17) is 30.5 Å². The first-order valence-corrected chi connectivity index (χ1v) is 10.2. The minimum absolute atomic E-state index is 0.293. The first-order valence-electron chi connectivity index (χ1n) is 8.94. The molecule has 0 radical (unpaired) electrons. The minimum atomic E-state index is 0.293. The Morgan fingerprint density at radius 1 is 1.07 bits per heavy atom. The van der Waals surface area contributed by atoms with Crippen molar-refractivity contribution in [3.8, 4) is 23.0 Å². The van der Waals surface area contributed by atoms with Crippen LogP contribution in [0.1, 0.15) is 16.0 Å². The molecule has 146 valence electrons. The van der Waals surface area contributed by atoms with E-state index in [1.54, 1.807) is 18.4 Å². The highest BCUT2D eigenvalue weighted by molar-refractivity contribution is 7.09. The summed E-state index contributed by atoms with van der Waals surface area (Å²) in [6.45, 7) is 2.37. The number of hydrogen-bond donors (Lipinski definition) is 1. The molecule has 0 saturated heterocycles. The molecule has 0 bridgehead atoms. The maximum atomic E-state index is 6.47. The van der Waals surface area contributed by atoms with Crippen molar-refractivity contribution in [3.63, 3.8) is 0 Å². The highest BCUT2D eigenvalue weighted by atomic mass is 35.5. The van der Waals surface area contributed by atoms with Crippen LogP contribution in [0.15, 0.2) is 47.8 Å². The lowest BCUT2D eigenvalue weighted by atomic mass is 10.1. The van der Waals surface area contributed by atoms with Gasteiger partial charge in [0, 0.05) is 16.0 Å². The van der Waals surface area contributed by atoms with Crippen LogP contribution in [0.3, 0.4) is 0 Å². The number of rotatable bonds is 8. The molecule has 0 amide bonds. The third-order valence-electron chi connectivity index (χ3n) is 4.43. The largest absolute Gasteiger partial charge is 0.493 e. The number of fused-ring (bicyclic) bond motifs is 1. The Hall–Kier alpha value is -2.41. The molecule has 0 atom stereocenters. The van der Waals surface area contributed by atoms with Gasteiger partial charge < -0.3 is 24.3 Å². The molecule has 5 nitrogen and oxygen atoms in total. The lowest BCUT2D eigenvalue weighted by Gasteiger charge is -2.13. The first kappa shape index (κ1) is 18.9. The molecular formula is C21H21ClNO4S+. The number of halogens is 1. The smallest absolute Gasteiger partial charge is 0.231 e. The third kappa shape index (κ3) is 4.35. The molecule has 1 aliphatic heterocycles. The lowest BCUT2D eigenvalue weighted by molar-refractivity contribution is -0.686. The van der Waals surface area contributed by atoms with Crippen LogP contribution >= 0.6 is 22.9 Å². The van der Waals surface area contributed by atoms with Crippen molar-refractivity contribution in [2.24, 2.45) is 0 Å². The molecule has 2 N–H and O–H groups in total. The summed E-state index contributed by atoms with van der Waals surface area (Å²) in [4.78, 5) is 1.14. The van der Waals surface area contributed by atoms with Crippen molar-refractivity contribution in [2.45, 2.75) is 19.7 Å². The normalized spacial score (nSPS) is 12.2. The molecule has 1 aromatic heterocycles. The zero-order valence-corrected chi connectivity index (χ0v) is 17.0. The lowest BCUT2D eigenvalue weighted by Crippen LogP contribution is -2.80. The molecule has 0 spiro atoms. The standard InChI is InChI=1S/C21H20ClNO4S/c1-24-20-9-15(7-17(22)21(20)25-12-16-3-2-6-28-16)11-23-10-14-4-5-18-19(8-14)27-13-26-18/h2-9,23H,10-13H2,1H3/p+1. The Bertz CT molecular complexity index is 946. The zero-order valence-electron chi connectivity index (χ0n) is 15.4. The molecule has 0 fully saturated rings. The average molecular weight is 419 g/mol. The van der Waals surface area contributed by atoms with E-state index < -0.39 is 0 Å². The average Bonchev–Trinajstić information content (AvgIpc) is 3.38. The fourth-order valence-electron chi connectivity index (χ4n) is 3.04. The van der Waals surface area contributed by atoms with E-state index in [0.717, 1.165) is 35.0 Å². The fourth-order valence-corrected chi connectivity index (χ4v) is 3.95. The number of nitrogens with two attached hydrogens (primary N) is 1. The Morgan fingerprint density at radius 2 is 1.93 bits per heavy atom. The van der Waals surface area contributed by atoms with Gasteiger partial charge in [-0.15, -0.1) is 11.3 Å². The summed E-state index contributed by atoms with van der Waals surface area (Å²) >= 11 is 8.12. The van der Waals surface area contributed by atoms with Crippen LogP contribution in [0.4, 0.5) is 0 Å². The summed E-state index contributed by atoms with van der Waals surface area (Å²) in [5, 5.41) is 4.79. The number of hydrogen-bond acceptors (Lipinski definition) is 5. The first-order chi connectivity index (χ1) is 13.7. The van der Waals surface area contributed by atoms with Crippen LogP contribution < -0.4 is 24.3 Å². The molecule has 3 aromatic rings. The van der Waals surface area contributed by atoms with Crippen LogP contribution in [0.25, 0.3) is 0 Å². The molecule has 4 rings (SSSR count). The predicted molar refractivity (Wildman–Crippen MR) is 109 cm³/mol. The second-order valence-electron chi connectivity index (χ2n) is 6.36. The van der Waals surface area contributed by atoms with E-state index in [1.807, 2.05) is 41.8 Å². The summed E-state index contributed by atoms with van der Waals surface area (Å²) < 4.78 is 22.2. The topological polar surface area (TPSA) is 53.5 Å². The summed E-state index contributed by atoms with van der Waals surface area (Å²) in [5.41, 5.74) is 2.25. The Kier molecular flexibility index (Phi) is 5.90. The summed E-state index contributed by atoms with van der Waals surface area (Å²) in [7, 11) is 1.63. The Balaban J connectivity index is 1.38. The number of benzene rings is 2. The number of thiophene rings is 1. The third-order valence-corrected chi connectivity index (χ3v) is 5.56. The molecule has 0 aliphatic carbocycles. The molecule has 7 heteroatoms. The van der Waals surface area contributed by atoms with Crippen molar-refractivity contribution >= 4 is 22.9 Å². The van der Waals surface area contributed by atoms with Gasteiger partial charge in [0.1, 0.15) is 19.7 Å². The maximum Gasteiger partial charge on any atom is 0.231 e. The van der Waals surface area contributed by atoms with Gasteiger partial charge in [-0.2, -0.15) is 0 Å². The van der Waals surface area contributed by atoms with E-state index in [9.17, 15) is 0 Å². The van der Waals surface area contributed by atoms with Crippen LogP contribution in [-0.2, 0) is 19.7 Å². The second kappa shape index (κ2) is 8.73. The highest BCUT2D eigenvalue weighted by Gasteiger charge is 2.15.